The van der Waals surface area contributed by atoms with Crippen molar-refractivity contribution in [2.75, 3.05) is 0 Å². The van der Waals surface area contributed by atoms with E-state index in [2.05, 4.69) is 12.6 Å². The van der Waals surface area contributed by atoms with Crippen LogP contribution in [0.15, 0.2) is 6.07 Å². The first kappa shape index (κ1) is 16.1. The van der Waals surface area contributed by atoms with Gasteiger partial charge >= 0.3 is 7.48 Å². The fourth-order valence-corrected chi connectivity index (χ4v) is 1.43. The second kappa shape index (κ2) is 5.17. The quantitative estimate of drug-likeness (QED) is 0.500. The topological polar surface area (TPSA) is 69.9 Å². The molecular weight excluding hydrogens is 263 g/mol. The van der Waals surface area contributed by atoms with Gasteiger partial charge < -0.3 is 20.0 Å². The predicted octanol–water partition coefficient (Wildman–Crippen LogP) is 1.59. The summed E-state index contributed by atoms with van der Waals surface area (Å²) in [5, 5.41) is 29.2. The highest BCUT2D eigenvalue weighted by Crippen LogP contribution is 2.32. The Bertz CT molecular complexity index is 481. The van der Waals surface area contributed by atoms with Crippen molar-refractivity contribution in [2.24, 2.45) is 0 Å². The molecule has 19 heavy (non-hydrogen) atoms. The summed E-state index contributed by atoms with van der Waals surface area (Å²) >= 11 is 4.48. The fraction of sp³-hybridized carbons (Fsp3) is 0.538. The van der Waals surface area contributed by atoms with Crippen LogP contribution in [-0.4, -0.2) is 33.1 Å². The Hall–Kier alpha value is -1.01. The maximum atomic E-state index is 9.94. The normalized spacial score (nSPS) is 12.5. The molecule has 0 heterocycles. The molecule has 106 valence electrons. The standard InChI is InChI=1S/C13H21BO4S/c1-7-8(15)6-9(16)10(11(7)17)14-18-12(2,3)13(4,5)19/h6,14-17,19H,1-5H3. The van der Waals surface area contributed by atoms with Crippen LogP contribution >= 0.6 is 12.6 Å². The molecule has 0 fully saturated rings. The van der Waals surface area contributed by atoms with E-state index < -0.39 is 5.60 Å². The van der Waals surface area contributed by atoms with Gasteiger partial charge in [-0.15, -0.1) is 0 Å². The van der Waals surface area contributed by atoms with Crippen LogP contribution in [0.2, 0.25) is 0 Å². The number of thiol groups is 1. The average Bonchev–Trinajstić information content (AvgIpc) is 2.24. The molecule has 6 heteroatoms. The van der Waals surface area contributed by atoms with E-state index in [9.17, 15) is 15.3 Å². The SMILES string of the molecule is Cc1c(O)cc(O)c(BOC(C)(C)C(C)(C)S)c1O. The van der Waals surface area contributed by atoms with Crippen LogP contribution in [0.1, 0.15) is 33.3 Å². The lowest BCUT2D eigenvalue weighted by Crippen LogP contribution is -2.45. The van der Waals surface area contributed by atoms with Crippen molar-refractivity contribution in [1.82, 2.24) is 0 Å². The molecule has 0 aliphatic rings. The van der Waals surface area contributed by atoms with Gasteiger partial charge in [0.15, 0.2) is 0 Å². The number of phenolic OH excluding ortho intramolecular Hbond substituents is 3. The van der Waals surface area contributed by atoms with Gasteiger partial charge in [-0.1, -0.05) is 0 Å². The van der Waals surface area contributed by atoms with Crippen molar-refractivity contribution in [1.29, 1.82) is 0 Å². The zero-order valence-electron chi connectivity index (χ0n) is 12.0. The minimum absolute atomic E-state index is 0.0375. The van der Waals surface area contributed by atoms with E-state index in [-0.39, 0.29) is 34.9 Å². The molecule has 0 aliphatic carbocycles. The Kier molecular flexibility index (Phi) is 4.37. The van der Waals surface area contributed by atoms with Crippen LogP contribution in [0.25, 0.3) is 0 Å². The summed E-state index contributed by atoms with van der Waals surface area (Å²) < 4.78 is 5.37. The minimum atomic E-state index is -0.555. The lowest BCUT2D eigenvalue weighted by atomic mass is 9.81. The first-order valence-electron chi connectivity index (χ1n) is 6.07. The van der Waals surface area contributed by atoms with Crippen molar-refractivity contribution in [3.8, 4) is 17.2 Å². The third-order valence-corrected chi connectivity index (χ3v) is 4.20. The monoisotopic (exact) mass is 284 g/mol. The number of phenols is 3. The van der Waals surface area contributed by atoms with Crippen LogP contribution in [0.3, 0.4) is 0 Å². The zero-order chi connectivity index (χ0) is 15.0. The number of rotatable bonds is 4. The van der Waals surface area contributed by atoms with Gasteiger partial charge in [0, 0.05) is 21.8 Å². The summed E-state index contributed by atoms with van der Waals surface area (Å²) in [6.45, 7) is 9.21. The van der Waals surface area contributed by atoms with Crippen LogP contribution in [-0.2, 0) is 4.65 Å². The van der Waals surface area contributed by atoms with E-state index in [1.807, 2.05) is 27.7 Å². The van der Waals surface area contributed by atoms with Gasteiger partial charge in [0.1, 0.15) is 17.2 Å². The smallest absolute Gasteiger partial charge is 0.317 e. The Morgan fingerprint density at radius 1 is 1.11 bits per heavy atom. The minimum Gasteiger partial charge on any atom is -0.508 e. The number of aromatic hydroxyl groups is 3. The molecule has 1 aromatic carbocycles. The zero-order valence-corrected chi connectivity index (χ0v) is 12.9. The van der Waals surface area contributed by atoms with Crippen molar-refractivity contribution in [3.63, 3.8) is 0 Å². The first-order chi connectivity index (χ1) is 8.47. The van der Waals surface area contributed by atoms with Crippen LogP contribution in [0.5, 0.6) is 17.2 Å². The maximum absolute atomic E-state index is 9.94. The molecule has 0 atom stereocenters. The molecule has 0 saturated heterocycles. The predicted molar refractivity (Wildman–Crippen MR) is 81.2 cm³/mol. The van der Waals surface area contributed by atoms with E-state index in [1.54, 1.807) is 6.92 Å². The van der Waals surface area contributed by atoms with E-state index in [4.69, 9.17) is 4.65 Å². The Labute approximate surface area is 120 Å². The summed E-state index contributed by atoms with van der Waals surface area (Å²) in [7, 11) is 0.0375. The lowest BCUT2D eigenvalue weighted by molar-refractivity contribution is 0.0852. The number of hydrogen-bond acceptors (Lipinski definition) is 5. The van der Waals surface area contributed by atoms with Crippen LogP contribution in [0, 0.1) is 6.92 Å². The van der Waals surface area contributed by atoms with E-state index in [0.29, 0.717) is 5.56 Å². The second-order valence-electron chi connectivity index (χ2n) is 5.72. The Morgan fingerprint density at radius 2 is 1.63 bits per heavy atom. The summed E-state index contributed by atoms with van der Waals surface area (Å²) in [4.78, 5) is 0. The average molecular weight is 284 g/mol. The molecule has 0 saturated carbocycles. The summed E-state index contributed by atoms with van der Waals surface area (Å²) in [5.41, 5.74) is 0.0288. The molecule has 0 bridgehead atoms. The van der Waals surface area contributed by atoms with Gasteiger partial charge in [-0.2, -0.15) is 12.6 Å². The fourth-order valence-electron chi connectivity index (χ4n) is 1.37. The van der Waals surface area contributed by atoms with Gasteiger partial charge in [0.05, 0.1) is 5.60 Å². The molecule has 0 spiro atoms. The Balaban J connectivity index is 3.00. The first-order valence-corrected chi connectivity index (χ1v) is 6.52. The van der Waals surface area contributed by atoms with E-state index >= 15 is 0 Å². The summed E-state index contributed by atoms with van der Waals surface area (Å²) in [5.74, 6) is -0.480. The van der Waals surface area contributed by atoms with Crippen molar-refractivity contribution in [2.45, 2.75) is 45.0 Å². The lowest BCUT2D eigenvalue weighted by Gasteiger charge is -2.38. The molecular formula is C13H21BO4S. The van der Waals surface area contributed by atoms with Gasteiger partial charge in [0.25, 0.3) is 0 Å². The highest BCUT2D eigenvalue weighted by Gasteiger charge is 2.35. The Morgan fingerprint density at radius 3 is 2.11 bits per heavy atom. The molecule has 1 rings (SSSR count). The molecule has 4 nitrogen and oxygen atoms in total. The molecule has 0 unspecified atom stereocenters. The van der Waals surface area contributed by atoms with Gasteiger partial charge in [-0.05, 0) is 34.6 Å². The molecule has 3 N–H and O–H groups in total. The van der Waals surface area contributed by atoms with Gasteiger partial charge in [0.2, 0.25) is 0 Å². The highest BCUT2D eigenvalue weighted by molar-refractivity contribution is 7.81. The molecule has 0 radical (unpaired) electrons. The molecule has 0 aromatic heterocycles. The molecule has 0 amide bonds. The third-order valence-electron chi connectivity index (χ3n) is 3.66. The highest BCUT2D eigenvalue weighted by atomic mass is 32.1. The third kappa shape index (κ3) is 3.31. The molecule has 1 aromatic rings. The van der Waals surface area contributed by atoms with E-state index in [0.717, 1.165) is 0 Å². The van der Waals surface area contributed by atoms with Crippen LogP contribution < -0.4 is 5.46 Å². The molecule has 0 aliphatic heterocycles. The van der Waals surface area contributed by atoms with Gasteiger partial charge in [-0.25, -0.2) is 0 Å². The van der Waals surface area contributed by atoms with Crippen molar-refractivity contribution < 1.29 is 20.0 Å². The number of benzene rings is 1. The van der Waals surface area contributed by atoms with E-state index in [1.165, 1.54) is 6.07 Å². The number of hydrogen-bond donors (Lipinski definition) is 4. The van der Waals surface area contributed by atoms with Gasteiger partial charge in [-0.3, -0.25) is 0 Å². The summed E-state index contributed by atoms with van der Waals surface area (Å²) in [6.07, 6.45) is 0. The van der Waals surface area contributed by atoms with Crippen molar-refractivity contribution in [3.05, 3.63) is 11.6 Å². The van der Waals surface area contributed by atoms with Crippen molar-refractivity contribution >= 4 is 25.6 Å². The largest absolute Gasteiger partial charge is 0.508 e. The maximum Gasteiger partial charge on any atom is 0.317 e. The van der Waals surface area contributed by atoms with Crippen LogP contribution in [0.4, 0.5) is 0 Å². The second-order valence-corrected chi connectivity index (χ2v) is 6.84. The summed E-state index contributed by atoms with van der Waals surface area (Å²) in [6, 6.07) is 1.20.